The van der Waals surface area contributed by atoms with E-state index in [2.05, 4.69) is 62.3 Å². The van der Waals surface area contributed by atoms with Crippen LogP contribution in [0.5, 0.6) is 11.6 Å². The van der Waals surface area contributed by atoms with Crippen molar-refractivity contribution in [2.75, 3.05) is 33.3 Å². The Balaban J connectivity index is 1.41. The summed E-state index contributed by atoms with van der Waals surface area (Å²) in [5.41, 5.74) is 2.46. The molecule has 2 aromatic heterocycles. The maximum atomic E-state index is 10.9. The molecule has 8 heteroatoms. The predicted molar refractivity (Wildman–Crippen MR) is 121 cm³/mol. The van der Waals surface area contributed by atoms with Crippen molar-refractivity contribution in [1.29, 1.82) is 0 Å². The van der Waals surface area contributed by atoms with E-state index in [1.165, 1.54) is 27.7 Å². The van der Waals surface area contributed by atoms with E-state index in [1.807, 2.05) is 12.1 Å². The molecule has 7 nitrogen and oxygen atoms in total. The minimum atomic E-state index is -0.0571. The van der Waals surface area contributed by atoms with Crippen molar-refractivity contribution >= 4 is 16.3 Å². The van der Waals surface area contributed by atoms with Crippen LogP contribution in [0, 0.1) is 0 Å². The van der Waals surface area contributed by atoms with E-state index >= 15 is 0 Å². The van der Waals surface area contributed by atoms with E-state index < -0.39 is 0 Å². The Hall–Kier alpha value is -2.94. The number of benzene rings is 2. The zero-order chi connectivity index (χ0) is 21.2. The van der Waals surface area contributed by atoms with Crippen molar-refractivity contribution in [2.45, 2.75) is 12.6 Å². The number of piperazine rings is 1. The molecule has 0 aliphatic carbocycles. The van der Waals surface area contributed by atoms with E-state index in [1.54, 1.807) is 7.11 Å². The van der Waals surface area contributed by atoms with Crippen LogP contribution in [0.25, 0.3) is 4.96 Å². The van der Waals surface area contributed by atoms with E-state index in [4.69, 9.17) is 4.74 Å². The highest BCUT2D eigenvalue weighted by molar-refractivity contribution is 7.17. The van der Waals surface area contributed by atoms with Crippen molar-refractivity contribution < 1.29 is 9.84 Å². The first kappa shape index (κ1) is 20.0. The van der Waals surface area contributed by atoms with Crippen LogP contribution in [0.4, 0.5) is 0 Å². The molecule has 0 radical (unpaired) electrons. The van der Waals surface area contributed by atoms with Gasteiger partial charge in [0.25, 0.3) is 0 Å². The van der Waals surface area contributed by atoms with Gasteiger partial charge in [-0.25, -0.2) is 4.98 Å². The number of methoxy groups -OCH3 is 1. The lowest BCUT2D eigenvalue weighted by atomic mass is 10.0. The maximum Gasteiger partial charge on any atom is 0.230 e. The van der Waals surface area contributed by atoms with Crippen LogP contribution in [0.15, 0.2) is 60.9 Å². The van der Waals surface area contributed by atoms with Gasteiger partial charge < -0.3 is 9.84 Å². The molecule has 160 valence electrons. The number of fused-ring (bicyclic) bond motifs is 1. The summed E-state index contributed by atoms with van der Waals surface area (Å²) in [5, 5.41) is 15.1. The summed E-state index contributed by atoms with van der Waals surface area (Å²) in [5.74, 6) is 0.993. The number of thiazole rings is 1. The fourth-order valence-electron chi connectivity index (χ4n) is 4.21. The summed E-state index contributed by atoms with van der Waals surface area (Å²) in [4.78, 5) is 10.8. The van der Waals surface area contributed by atoms with Gasteiger partial charge in [-0.05, 0) is 23.3 Å². The quantitative estimate of drug-likeness (QED) is 0.501. The highest BCUT2D eigenvalue weighted by Crippen LogP contribution is 2.40. The maximum absolute atomic E-state index is 10.9. The monoisotopic (exact) mass is 435 g/mol. The molecule has 1 saturated heterocycles. The molecule has 0 bridgehead atoms. The normalized spacial score (nSPS) is 16.5. The fourth-order valence-corrected chi connectivity index (χ4v) is 5.30. The Kier molecular flexibility index (Phi) is 5.59. The number of nitrogens with zero attached hydrogens (tertiary/aromatic N) is 5. The lowest BCUT2D eigenvalue weighted by molar-refractivity contribution is 0.105. The summed E-state index contributed by atoms with van der Waals surface area (Å²) < 4.78 is 6.86. The SMILES string of the molecule is COc1ccc([C@@H](c2sc3ncnn3c2O)N2CCN(Cc3ccccc3)CC2)cc1. The highest BCUT2D eigenvalue weighted by Gasteiger charge is 2.31. The van der Waals surface area contributed by atoms with Crippen LogP contribution >= 0.6 is 11.3 Å². The Bertz CT molecular complexity index is 1130. The van der Waals surface area contributed by atoms with Gasteiger partial charge in [-0.1, -0.05) is 53.8 Å². The summed E-state index contributed by atoms with van der Waals surface area (Å²) in [6.07, 6.45) is 1.47. The average molecular weight is 436 g/mol. The van der Waals surface area contributed by atoms with Gasteiger partial charge in [0, 0.05) is 32.7 Å². The van der Waals surface area contributed by atoms with E-state index in [9.17, 15) is 5.11 Å². The van der Waals surface area contributed by atoms with Crippen LogP contribution in [0.3, 0.4) is 0 Å². The standard InChI is InChI=1S/C23H25N5O2S/c1-30-19-9-7-18(8-10-19)20(21-22(29)28-23(31-21)24-16-25-28)27-13-11-26(12-14-27)15-17-5-3-2-4-6-17/h2-10,16,20,29H,11-15H2,1H3/t20-/m0/s1. The van der Waals surface area contributed by atoms with Crippen LogP contribution < -0.4 is 4.74 Å². The minimum absolute atomic E-state index is 0.0571. The molecule has 0 unspecified atom stereocenters. The Labute approximate surface area is 185 Å². The summed E-state index contributed by atoms with van der Waals surface area (Å²) in [7, 11) is 1.67. The van der Waals surface area contributed by atoms with Crippen molar-refractivity contribution in [3.05, 3.63) is 76.9 Å². The zero-order valence-corrected chi connectivity index (χ0v) is 18.2. The number of hydrogen-bond acceptors (Lipinski definition) is 7. The molecule has 3 heterocycles. The predicted octanol–water partition coefficient (Wildman–Crippen LogP) is 3.41. The number of aromatic nitrogens is 3. The Morgan fingerprint density at radius 3 is 2.45 bits per heavy atom. The molecule has 0 saturated carbocycles. The second kappa shape index (κ2) is 8.66. The molecule has 1 atom stereocenters. The van der Waals surface area contributed by atoms with Crippen molar-refractivity contribution in [3.8, 4) is 11.6 Å². The van der Waals surface area contributed by atoms with Crippen molar-refractivity contribution in [3.63, 3.8) is 0 Å². The molecule has 1 N–H and O–H groups in total. The Morgan fingerprint density at radius 2 is 1.77 bits per heavy atom. The Morgan fingerprint density at radius 1 is 1.03 bits per heavy atom. The zero-order valence-electron chi connectivity index (χ0n) is 17.4. The molecule has 1 aliphatic rings. The molecular weight excluding hydrogens is 410 g/mol. The second-order valence-corrected chi connectivity index (χ2v) is 8.73. The third kappa shape index (κ3) is 4.01. The smallest absolute Gasteiger partial charge is 0.230 e. The van der Waals surface area contributed by atoms with Gasteiger partial charge in [0.2, 0.25) is 10.8 Å². The molecule has 1 fully saturated rings. The summed E-state index contributed by atoms with van der Waals surface area (Å²) in [6, 6.07) is 18.6. The first-order valence-electron chi connectivity index (χ1n) is 10.4. The molecule has 0 amide bonds. The first-order chi connectivity index (χ1) is 15.2. The molecule has 1 aliphatic heterocycles. The topological polar surface area (TPSA) is 66.1 Å². The fraction of sp³-hybridized carbons (Fsp3) is 0.304. The van der Waals surface area contributed by atoms with Gasteiger partial charge in [0.05, 0.1) is 18.0 Å². The number of ether oxygens (including phenoxy) is 1. The van der Waals surface area contributed by atoms with Crippen LogP contribution in [0.1, 0.15) is 22.0 Å². The number of hydrogen-bond donors (Lipinski definition) is 1. The lowest BCUT2D eigenvalue weighted by Gasteiger charge is -2.39. The minimum Gasteiger partial charge on any atom is -0.497 e. The first-order valence-corrected chi connectivity index (χ1v) is 11.2. The third-order valence-electron chi connectivity index (χ3n) is 5.84. The summed E-state index contributed by atoms with van der Waals surface area (Å²) >= 11 is 1.49. The van der Waals surface area contributed by atoms with Crippen LogP contribution in [0.2, 0.25) is 0 Å². The molecule has 2 aromatic carbocycles. The van der Waals surface area contributed by atoms with Crippen molar-refractivity contribution in [2.24, 2.45) is 0 Å². The highest BCUT2D eigenvalue weighted by atomic mass is 32.1. The molecule has 0 spiro atoms. The van der Waals surface area contributed by atoms with Crippen molar-refractivity contribution in [1.82, 2.24) is 24.4 Å². The average Bonchev–Trinajstić information content (AvgIpc) is 3.40. The van der Waals surface area contributed by atoms with Gasteiger partial charge in [0.1, 0.15) is 12.1 Å². The van der Waals surface area contributed by atoms with E-state index in [-0.39, 0.29) is 11.9 Å². The summed E-state index contributed by atoms with van der Waals surface area (Å²) in [6.45, 7) is 4.74. The molecular formula is C23H25N5O2S. The lowest BCUT2D eigenvalue weighted by Crippen LogP contribution is -2.47. The molecule has 5 rings (SSSR count). The molecule has 31 heavy (non-hydrogen) atoms. The van der Waals surface area contributed by atoms with Gasteiger partial charge >= 0.3 is 0 Å². The third-order valence-corrected chi connectivity index (χ3v) is 6.93. The van der Waals surface area contributed by atoms with Gasteiger partial charge in [-0.3, -0.25) is 9.80 Å². The van der Waals surface area contributed by atoms with Crippen LogP contribution in [-0.2, 0) is 6.54 Å². The van der Waals surface area contributed by atoms with E-state index in [0.29, 0.717) is 4.96 Å². The van der Waals surface area contributed by atoms with E-state index in [0.717, 1.165) is 48.9 Å². The van der Waals surface area contributed by atoms with Gasteiger partial charge in [0.15, 0.2) is 0 Å². The molecule has 4 aromatic rings. The number of aromatic hydroxyl groups is 1. The van der Waals surface area contributed by atoms with Gasteiger partial charge in [-0.15, -0.1) is 0 Å². The number of rotatable bonds is 6. The largest absolute Gasteiger partial charge is 0.497 e. The van der Waals surface area contributed by atoms with Gasteiger partial charge in [-0.2, -0.15) is 9.61 Å². The second-order valence-electron chi connectivity index (χ2n) is 7.72. The van der Waals surface area contributed by atoms with Crippen LogP contribution in [-0.4, -0.2) is 62.8 Å².